The van der Waals surface area contributed by atoms with Crippen LogP contribution < -0.4 is 10.6 Å². The van der Waals surface area contributed by atoms with E-state index in [0.717, 1.165) is 5.69 Å². The number of aromatic hydroxyl groups is 1. The molecule has 0 radical (unpaired) electrons. The van der Waals surface area contributed by atoms with Crippen LogP contribution in [-0.2, 0) is 11.3 Å². The molecule has 1 amide bonds. The Bertz CT molecular complexity index is 1010. The Morgan fingerprint density at radius 1 is 1.12 bits per heavy atom. The molecule has 1 heterocycles. The third kappa shape index (κ3) is 3.79. The summed E-state index contributed by atoms with van der Waals surface area (Å²) in [6.07, 6.45) is 3.04. The van der Waals surface area contributed by atoms with Gasteiger partial charge in [0.25, 0.3) is 5.91 Å². The lowest BCUT2D eigenvalue weighted by atomic mass is 10.1. The van der Waals surface area contributed by atoms with Gasteiger partial charge >= 0.3 is 0 Å². The molecule has 0 bridgehead atoms. The number of rotatable bonds is 5. The van der Waals surface area contributed by atoms with Crippen molar-refractivity contribution in [1.82, 2.24) is 10.3 Å². The molecular weight excluding hydrogens is 328 g/mol. The van der Waals surface area contributed by atoms with Gasteiger partial charge in [0.15, 0.2) is 0 Å². The number of fused-ring (bicyclic) bond motifs is 1. The summed E-state index contributed by atoms with van der Waals surface area (Å²) in [6, 6.07) is 17.7. The van der Waals surface area contributed by atoms with Crippen molar-refractivity contribution in [1.29, 1.82) is 5.26 Å². The van der Waals surface area contributed by atoms with Gasteiger partial charge in [-0.2, -0.15) is 5.26 Å². The maximum Gasteiger partial charge on any atom is 0.267 e. The molecule has 128 valence electrons. The van der Waals surface area contributed by atoms with E-state index in [4.69, 9.17) is 0 Å². The van der Waals surface area contributed by atoms with E-state index in [-0.39, 0.29) is 11.3 Å². The standard InChI is InChI=1S/C20H16N4O2/c21-11-14(12-22-13-15-5-1-2-10-23-15)20(26)24-18-8-3-7-17-16(18)6-4-9-19(17)25/h1-10,12,22,25H,13H2,(H,24,26)/b14-12-. The Labute approximate surface area is 150 Å². The maximum absolute atomic E-state index is 12.4. The number of amides is 1. The summed E-state index contributed by atoms with van der Waals surface area (Å²) in [6.45, 7) is 0.404. The minimum absolute atomic E-state index is 0.0573. The van der Waals surface area contributed by atoms with E-state index in [9.17, 15) is 15.2 Å². The number of aromatic nitrogens is 1. The zero-order valence-corrected chi connectivity index (χ0v) is 13.8. The number of benzene rings is 2. The number of phenolic OH excluding ortho intramolecular Hbond substituents is 1. The van der Waals surface area contributed by atoms with Gasteiger partial charge in [-0.3, -0.25) is 9.78 Å². The Balaban J connectivity index is 1.75. The molecule has 3 aromatic rings. The highest BCUT2D eigenvalue weighted by atomic mass is 16.3. The van der Waals surface area contributed by atoms with E-state index in [0.29, 0.717) is 23.0 Å². The molecule has 0 aliphatic heterocycles. The number of nitrogens with one attached hydrogen (secondary N) is 2. The molecule has 6 heteroatoms. The van der Waals surface area contributed by atoms with Crippen molar-refractivity contribution in [2.75, 3.05) is 5.32 Å². The van der Waals surface area contributed by atoms with Gasteiger partial charge in [-0.05, 0) is 24.3 Å². The van der Waals surface area contributed by atoms with Gasteiger partial charge in [-0.25, -0.2) is 0 Å². The van der Waals surface area contributed by atoms with E-state index >= 15 is 0 Å². The minimum Gasteiger partial charge on any atom is -0.507 e. The van der Waals surface area contributed by atoms with Crippen LogP contribution >= 0.6 is 0 Å². The third-order valence-electron chi connectivity index (χ3n) is 3.77. The molecule has 3 N–H and O–H groups in total. The van der Waals surface area contributed by atoms with Crippen LogP contribution in [0.25, 0.3) is 10.8 Å². The number of carbonyl (C=O) groups is 1. The summed E-state index contributed by atoms with van der Waals surface area (Å²) in [5, 5.41) is 26.1. The fraction of sp³-hybridized carbons (Fsp3) is 0.0500. The largest absolute Gasteiger partial charge is 0.507 e. The molecule has 0 fully saturated rings. The molecule has 0 spiro atoms. The zero-order chi connectivity index (χ0) is 18.4. The third-order valence-corrected chi connectivity index (χ3v) is 3.77. The smallest absolute Gasteiger partial charge is 0.267 e. The summed E-state index contributed by atoms with van der Waals surface area (Å²) >= 11 is 0. The van der Waals surface area contributed by atoms with E-state index in [1.807, 2.05) is 24.3 Å². The predicted molar refractivity (Wildman–Crippen MR) is 99.0 cm³/mol. The second kappa shape index (κ2) is 7.81. The van der Waals surface area contributed by atoms with Crippen LogP contribution in [0.1, 0.15) is 5.69 Å². The van der Waals surface area contributed by atoms with Gasteiger partial charge < -0.3 is 15.7 Å². The number of phenols is 1. The van der Waals surface area contributed by atoms with Crippen molar-refractivity contribution < 1.29 is 9.90 Å². The summed E-state index contributed by atoms with van der Waals surface area (Å²) in [5.74, 6) is -0.400. The van der Waals surface area contributed by atoms with E-state index in [1.165, 1.54) is 6.20 Å². The lowest BCUT2D eigenvalue weighted by Crippen LogP contribution is -2.17. The maximum atomic E-state index is 12.4. The Kier molecular flexibility index (Phi) is 5.11. The van der Waals surface area contributed by atoms with Crippen LogP contribution in [-0.4, -0.2) is 16.0 Å². The number of anilines is 1. The molecule has 6 nitrogen and oxygen atoms in total. The fourth-order valence-corrected chi connectivity index (χ4v) is 2.50. The van der Waals surface area contributed by atoms with Crippen LogP contribution in [0, 0.1) is 11.3 Å². The van der Waals surface area contributed by atoms with Crippen molar-refractivity contribution in [2.24, 2.45) is 0 Å². The highest BCUT2D eigenvalue weighted by Crippen LogP contribution is 2.29. The van der Waals surface area contributed by atoms with Crippen LogP contribution in [0.4, 0.5) is 5.69 Å². The monoisotopic (exact) mass is 344 g/mol. The minimum atomic E-state index is -0.531. The normalized spacial score (nSPS) is 11.0. The first-order valence-corrected chi connectivity index (χ1v) is 7.94. The molecule has 2 aromatic carbocycles. The van der Waals surface area contributed by atoms with Gasteiger partial charge in [0.1, 0.15) is 17.4 Å². The van der Waals surface area contributed by atoms with Crippen LogP contribution in [0.15, 0.2) is 72.6 Å². The molecule has 0 aliphatic rings. The quantitative estimate of drug-likeness (QED) is 0.488. The average Bonchev–Trinajstić information content (AvgIpc) is 2.67. The second-order valence-electron chi connectivity index (χ2n) is 5.50. The average molecular weight is 344 g/mol. The van der Waals surface area contributed by atoms with Crippen LogP contribution in [0.3, 0.4) is 0 Å². The van der Waals surface area contributed by atoms with Crippen molar-refractivity contribution in [3.63, 3.8) is 0 Å². The SMILES string of the molecule is N#C/C(=C/NCc1ccccn1)C(=O)Nc1cccc2c(O)cccc12. The van der Waals surface area contributed by atoms with E-state index in [2.05, 4.69) is 15.6 Å². The second-order valence-corrected chi connectivity index (χ2v) is 5.50. The molecule has 0 atom stereocenters. The summed E-state index contributed by atoms with van der Waals surface area (Å²) in [7, 11) is 0. The highest BCUT2D eigenvalue weighted by molar-refractivity contribution is 6.11. The van der Waals surface area contributed by atoms with Gasteiger partial charge in [-0.15, -0.1) is 0 Å². The van der Waals surface area contributed by atoms with Gasteiger partial charge in [0.05, 0.1) is 12.2 Å². The summed E-state index contributed by atoms with van der Waals surface area (Å²) < 4.78 is 0. The molecule has 0 saturated carbocycles. The van der Waals surface area contributed by atoms with Gasteiger partial charge in [-0.1, -0.05) is 30.3 Å². The van der Waals surface area contributed by atoms with Gasteiger partial charge in [0.2, 0.25) is 0 Å². The molecule has 0 aliphatic carbocycles. The van der Waals surface area contributed by atoms with E-state index < -0.39 is 5.91 Å². The molecule has 1 aromatic heterocycles. The van der Waals surface area contributed by atoms with Crippen molar-refractivity contribution in [2.45, 2.75) is 6.54 Å². The van der Waals surface area contributed by atoms with Crippen molar-refractivity contribution in [3.8, 4) is 11.8 Å². The number of hydrogen-bond acceptors (Lipinski definition) is 5. The van der Waals surface area contributed by atoms with Crippen molar-refractivity contribution in [3.05, 3.63) is 78.3 Å². The summed E-state index contributed by atoms with van der Waals surface area (Å²) in [4.78, 5) is 16.6. The first-order valence-electron chi connectivity index (χ1n) is 7.94. The van der Waals surface area contributed by atoms with Crippen LogP contribution in [0.5, 0.6) is 5.75 Å². The Hall–Kier alpha value is -3.85. The number of hydrogen-bond donors (Lipinski definition) is 3. The lowest BCUT2D eigenvalue weighted by molar-refractivity contribution is -0.112. The first kappa shape index (κ1) is 17.0. The van der Waals surface area contributed by atoms with Crippen molar-refractivity contribution >= 4 is 22.4 Å². The first-order chi connectivity index (χ1) is 12.7. The molecular formula is C20H16N4O2. The topological polar surface area (TPSA) is 98.0 Å². The fourth-order valence-electron chi connectivity index (χ4n) is 2.50. The molecule has 26 heavy (non-hydrogen) atoms. The van der Waals surface area contributed by atoms with Gasteiger partial charge in [0, 0.05) is 28.9 Å². The highest BCUT2D eigenvalue weighted by Gasteiger charge is 2.12. The number of carbonyl (C=O) groups excluding carboxylic acids is 1. The lowest BCUT2D eigenvalue weighted by Gasteiger charge is -2.09. The number of nitriles is 1. The number of pyridine rings is 1. The predicted octanol–water partition coefficient (Wildman–Crippen LogP) is 3.08. The summed E-state index contributed by atoms with van der Waals surface area (Å²) in [5.41, 5.74) is 1.26. The Morgan fingerprint density at radius 2 is 1.92 bits per heavy atom. The molecule has 0 unspecified atom stereocenters. The van der Waals surface area contributed by atoms with Crippen LogP contribution in [0.2, 0.25) is 0 Å². The molecule has 0 saturated heterocycles. The zero-order valence-electron chi connectivity index (χ0n) is 13.8. The Morgan fingerprint density at radius 3 is 2.69 bits per heavy atom. The number of nitrogens with zero attached hydrogens (tertiary/aromatic N) is 2. The molecule has 3 rings (SSSR count). The van der Waals surface area contributed by atoms with E-state index in [1.54, 1.807) is 42.6 Å².